The van der Waals surface area contributed by atoms with Gasteiger partial charge in [0.1, 0.15) is 11.2 Å². The van der Waals surface area contributed by atoms with Gasteiger partial charge in [-0.05, 0) is 51.0 Å². The number of hydrogen-bond donors (Lipinski definition) is 1. The molecule has 5 nitrogen and oxygen atoms in total. The van der Waals surface area contributed by atoms with Gasteiger partial charge in [0.15, 0.2) is 0 Å². The second-order valence-electron chi connectivity index (χ2n) is 8.08. The third kappa shape index (κ3) is 4.26. The summed E-state index contributed by atoms with van der Waals surface area (Å²) in [5.41, 5.74) is 2.02. The third-order valence-corrected chi connectivity index (χ3v) is 5.58. The molecule has 0 aromatic heterocycles. The van der Waals surface area contributed by atoms with Crippen molar-refractivity contribution in [3.05, 3.63) is 59.4 Å². The summed E-state index contributed by atoms with van der Waals surface area (Å²) in [5, 5.41) is 2.93. The van der Waals surface area contributed by atoms with Crippen molar-refractivity contribution in [1.29, 1.82) is 0 Å². The third-order valence-electron chi connectivity index (χ3n) is 5.58. The van der Waals surface area contributed by atoms with Gasteiger partial charge in [-0.3, -0.25) is 9.59 Å². The number of anilines is 2. The Morgan fingerprint density at radius 3 is 2.10 bits per heavy atom. The van der Waals surface area contributed by atoms with Crippen molar-refractivity contribution in [3.8, 4) is 0 Å². The molecule has 0 aliphatic carbocycles. The maximum atomic E-state index is 14.0. The average Bonchev–Trinajstić information content (AvgIpc) is 2.70. The van der Waals surface area contributed by atoms with E-state index in [1.54, 1.807) is 36.9 Å². The molecule has 1 heterocycles. The van der Waals surface area contributed by atoms with Crippen LogP contribution in [0.25, 0.3) is 0 Å². The minimum absolute atomic E-state index is 0.213. The number of nitrogens with zero attached hydrogens (tertiary/aromatic N) is 2. The van der Waals surface area contributed by atoms with Gasteiger partial charge >= 0.3 is 0 Å². The Bertz CT molecular complexity index is 898. The first-order chi connectivity index (χ1) is 13.7. The van der Waals surface area contributed by atoms with E-state index >= 15 is 0 Å². The summed E-state index contributed by atoms with van der Waals surface area (Å²) in [7, 11) is 0. The summed E-state index contributed by atoms with van der Waals surface area (Å²) >= 11 is 0. The zero-order valence-corrected chi connectivity index (χ0v) is 17.5. The highest BCUT2D eigenvalue weighted by atomic mass is 19.1. The summed E-state index contributed by atoms with van der Waals surface area (Å²) in [6.07, 6.45) is 0. The standard InChI is InChI=1S/C23H28FN3O2/c1-16-8-7-9-17(2)20(16)25-21(28)23(3,4)22(29)27-14-12-26(13-15-27)19-11-6-5-10-18(19)24/h5-11H,12-15H2,1-4H3,(H,25,28). The molecule has 0 radical (unpaired) electrons. The Morgan fingerprint density at radius 2 is 1.52 bits per heavy atom. The molecule has 1 fully saturated rings. The number of rotatable bonds is 4. The quantitative estimate of drug-likeness (QED) is 0.800. The number of benzene rings is 2. The molecule has 154 valence electrons. The first-order valence-corrected chi connectivity index (χ1v) is 9.88. The molecule has 1 aliphatic heterocycles. The molecule has 2 aromatic carbocycles. The van der Waals surface area contributed by atoms with E-state index in [2.05, 4.69) is 5.32 Å². The van der Waals surface area contributed by atoms with Gasteiger partial charge in [0.2, 0.25) is 11.8 Å². The predicted molar refractivity (Wildman–Crippen MR) is 114 cm³/mol. The van der Waals surface area contributed by atoms with E-state index in [1.165, 1.54) is 6.07 Å². The summed E-state index contributed by atoms with van der Waals surface area (Å²) < 4.78 is 14.0. The van der Waals surface area contributed by atoms with Gasteiger partial charge in [0, 0.05) is 31.9 Å². The smallest absolute Gasteiger partial charge is 0.239 e. The largest absolute Gasteiger partial charge is 0.366 e. The fourth-order valence-corrected chi connectivity index (χ4v) is 3.63. The summed E-state index contributed by atoms with van der Waals surface area (Å²) in [6.45, 7) is 9.13. The molecule has 0 atom stereocenters. The molecule has 29 heavy (non-hydrogen) atoms. The topological polar surface area (TPSA) is 52.7 Å². The van der Waals surface area contributed by atoms with Gasteiger partial charge in [-0.1, -0.05) is 30.3 Å². The van der Waals surface area contributed by atoms with Crippen LogP contribution in [0.4, 0.5) is 15.8 Å². The monoisotopic (exact) mass is 397 g/mol. The normalized spacial score (nSPS) is 14.7. The lowest BCUT2D eigenvalue weighted by Gasteiger charge is -2.39. The molecule has 0 spiro atoms. The number of piperazine rings is 1. The zero-order chi connectivity index (χ0) is 21.2. The Hall–Kier alpha value is -2.89. The zero-order valence-electron chi connectivity index (χ0n) is 17.5. The summed E-state index contributed by atoms with van der Waals surface area (Å²) in [6, 6.07) is 12.4. The van der Waals surface area contributed by atoms with Crippen LogP contribution in [0, 0.1) is 25.1 Å². The Kier molecular flexibility index (Phi) is 5.91. The van der Waals surface area contributed by atoms with Crippen molar-refractivity contribution >= 4 is 23.2 Å². The van der Waals surface area contributed by atoms with Gasteiger partial charge in [-0.2, -0.15) is 0 Å². The number of amides is 2. The fraction of sp³-hybridized carbons (Fsp3) is 0.391. The van der Waals surface area contributed by atoms with Crippen LogP contribution in [0.5, 0.6) is 0 Å². The summed E-state index contributed by atoms with van der Waals surface area (Å²) in [4.78, 5) is 29.7. The number of para-hydroxylation sites is 2. The molecule has 0 unspecified atom stereocenters. The lowest BCUT2D eigenvalue weighted by molar-refractivity contribution is -0.146. The summed E-state index contributed by atoms with van der Waals surface area (Å²) in [5.74, 6) is -0.800. The van der Waals surface area contributed by atoms with Crippen LogP contribution < -0.4 is 10.2 Å². The fourth-order valence-electron chi connectivity index (χ4n) is 3.63. The number of carbonyl (C=O) groups excluding carboxylic acids is 2. The second kappa shape index (κ2) is 8.23. The van der Waals surface area contributed by atoms with E-state index in [1.807, 2.05) is 36.9 Å². The van der Waals surface area contributed by atoms with Crippen LogP contribution in [-0.4, -0.2) is 42.9 Å². The maximum absolute atomic E-state index is 14.0. The van der Waals surface area contributed by atoms with E-state index < -0.39 is 5.41 Å². The predicted octanol–water partition coefficient (Wildman–Crippen LogP) is 3.76. The van der Waals surface area contributed by atoms with Gasteiger partial charge in [0.25, 0.3) is 0 Å². The molecule has 1 saturated heterocycles. The van der Waals surface area contributed by atoms with Crippen molar-refractivity contribution in [2.24, 2.45) is 5.41 Å². The van der Waals surface area contributed by atoms with Crippen molar-refractivity contribution in [1.82, 2.24) is 4.90 Å². The van der Waals surface area contributed by atoms with Crippen molar-refractivity contribution in [2.45, 2.75) is 27.7 Å². The number of aryl methyl sites for hydroxylation is 2. The lowest BCUT2D eigenvalue weighted by Crippen LogP contribution is -2.54. The molecular weight excluding hydrogens is 369 g/mol. The van der Waals surface area contributed by atoms with E-state index in [9.17, 15) is 14.0 Å². The SMILES string of the molecule is Cc1cccc(C)c1NC(=O)C(C)(C)C(=O)N1CCN(c2ccccc2F)CC1. The lowest BCUT2D eigenvalue weighted by atomic mass is 9.89. The Labute approximate surface area is 171 Å². The molecule has 1 N–H and O–H groups in total. The van der Waals surface area contributed by atoms with Gasteiger partial charge < -0.3 is 15.1 Å². The maximum Gasteiger partial charge on any atom is 0.239 e. The van der Waals surface area contributed by atoms with E-state index in [0.717, 1.165) is 16.8 Å². The highest BCUT2D eigenvalue weighted by Gasteiger charge is 2.40. The molecule has 6 heteroatoms. The van der Waals surface area contributed by atoms with E-state index in [-0.39, 0.29) is 17.6 Å². The number of hydrogen-bond acceptors (Lipinski definition) is 3. The van der Waals surface area contributed by atoms with Crippen molar-refractivity contribution in [3.63, 3.8) is 0 Å². The van der Waals surface area contributed by atoms with E-state index in [4.69, 9.17) is 0 Å². The molecular formula is C23H28FN3O2. The number of carbonyl (C=O) groups is 2. The molecule has 0 saturated carbocycles. The number of nitrogens with one attached hydrogen (secondary N) is 1. The van der Waals surface area contributed by atoms with Crippen LogP contribution in [0.1, 0.15) is 25.0 Å². The molecule has 2 amide bonds. The van der Waals surface area contributed by atoms with E-state index in [0.29, 0.717) is 31.9 Å². The van der Waals surface area contributed by atoms with Gasteiger partial charge in [-0.25, -0.2) is 4.39 Å². The Balaban J connectivity index is 1.66. The van der Waals surface area contributed by atoms with Crippen molar-refractivity contribution in [2.75, 3.05) is 36.4 Å². The van der Waals surface area contributed by atoms with Crippen LogP contribution in [-0.2, 0) is 9.59 Å². The van der Waals surface area contributed by atoms with Crippen LogP contribution >= 0.6 is 0 Å². The minimum atomic E-state index is -1.20. The van der Waals surface area contributed by atoms with Gasteiger partial charge in [0.05, 0.1) is 5.69 Å². The molecule has 1 aliphatic rings. The minimum Gasteiger partial charge on any atom is -0.366 e. The second-order valence-corrected chi connectivity index (χ2v) is 8.08. The first-order valence-electron chi connectivity index (χ1n) is 9.88. The van der Waals surface area contributed by atoms with Crippen LogP contribution in [0.3, 0.4) is 0 Å². The first kappa shape index (κ1) is 20.8. The van der Waals surface area contributed by atoms with Crippen LogP contribution in [0.2, 0.25) is 0 Å². The Morgan fingerprint density at radius 1 is 0.931 bits per heavy atom. The van der Waals surface area contributed by atoms with Gasteiger partial charge in [-0.15, -0.1) is 0 Å². The highest BCUT2D eigenvalue weighted by Crippen LogP contribution is 2.27. The number of halogens is 1. The highest BCUT2D eigenvalue weighted by molar-refractivity contribution is 6.10. The average molecular weight is 397 g/mol. The molecule has 0 bridgehead atoms. The van der Waals surface area contributed by atoms with Crippen molar-refractivity contribution < 1.29 is 14.0 Å². The van der Waals surface area contributed by atoms with Crippen LogP contribution in [0.15, 0.2) is 42.5 Å². The molecule has 2 aromatic rings. The molecule has 3 rings (SSSR count).